The number of aromatic nitrogens is 3. The molecule has 9 heteroatoms. The van der Waals surface area contributed by atoms with Gasteiger partial charge in [0, 0.05) is 18.2 Å². The molecule has 2 aromatic heterocycles. The fourth-order valence-electron chi connectivity index (χ4n) is 3.74. The quantitative estimate of drug-likeness (QED) is 0.462. The highest BCUT2D eigenvalue weighted by atomic mass is 32.2. The second kappa shape index (κ2) is 9.03. The maximum Gasteiger partial charge on any atom is 0.420 e. The van der Waals surface area contributed by atoms with Gasteiger partial charge in [-0.15, -0.1) is 0 Å². The molecule has 0 fully saturated rings. The van der Waals surface area contributed by atoms with Gasteiger partial charge in [0.05, 0.1) is 18.6 Å². The van der Waals surface area contributed by atoms with E-state index in [1.807, 2.05) is 42.0 Å². The summed E-state index contributed by atoms with van der Waals surface area (Å²) in [6, 6.07) is 16.1. The third-order valence-corrected chi connectivity index (χ3v) is 6.79. The number of carbonyl (C=O) groups excluding carboxylic acids is 1. The summed E-state index contributed by atoms with van der Waals surface area (Å²) in [5.41, 5.74) is 5.07. The minimum absolute atomic E-state index is 0.00306. The van der Waals surface area contributed by atoms with E-state index in [4.69, 9.17) is 4.98 Å². The maximum absolute atomic E-state index is 12.7. The topological polar surface area (TPSA) is 103 Å². The van der Waals surface area contributed by atoms with Crippen LogP contribution in [-0.4, -0.2) is 36.2 Å². The second-order valence-electron chi connectivity index (χ2n) is 7.56. The van der Waals surface area contributed by atoms with Crippen LogP contribution in [0.5, 0.6) is 0 Å². The summed E-state index contributed by atoms with van der Waals surface area (Å²) < 4.78 is 33.8. The van der Waals surface area contributed by atoms with Crippen LogP contribution in [0.25, 0.3) is 22.3 Å². The molecule has 0 aliphatic carbocycles. The molecule has 0 atom stereocenters. The number of imidazole rings is 1. The third kappa shape index (κ3) is 4.45. The number of nitrogens with one attached hydrogen (secondary N) is 1. The molecule has 0 aliphatic heterocycles. The van der Waals surface area contributed by atoms with Crippen LogP contribution in [0.3, 0.4) is 0 Å². The van der Waals surface area contributed by atoms with Crippen molar-refractivity contribution < 1.29 is 17.9 Å². The van der Waals surface area contributed by atoms with Crippen LogP contribution in [0.2, 0.25) is 0 Å². The highest BCUT2D eigenvalue weighted by molar-refractivity contribution is 7.90. The average molecular weight is 465 g/mol. The van der Waals surface area contributed by atoms with Gasteiger partial charge in [0.1, 0.15) is 11.3 Å². The van der Waals surface area contributed by atoms with E-state index in [1.54, 1.807) is 24.4 Å². The molecule has 0 bridgehead atoms. The van der Waals surface area contributed by atoms with Crippen LogP contribution >= 0.6 is 0 Å². The molecule has 1 N–H and O–H groups in total. The fourth-order valence-corrected chi connectivity index (χ4v) is 4.88. The highest BCUT2D eigenvalue weighted by Crippen LogP contribution is 2.28. The number of rotatable bonds is 6. The summed E-state index contributed by atoms with van der Waals surface area (Å²) in [5.74, 6) is 0.959. The molecule has 1 amide bonds. The first kappa shape index (κ1) is 22.5. The number of hydrogen-bond donors (Lipinski definition) is 1. The van der Waals surface area contributed by atoms with Gasteiger partial charge in [-0.25, -0.2) is 27.9 Å². The first-order valence-corrected chi connectivity index (χ1v) is 11.9. The standard InChI is InChI=1S/C24H24N4O4S/c1-4-21-26-22-16(2)13-14-25-23(22)28(21)15-17-9-11-18(12-10-17)19-7-5-6-8-20(19)33(30,31)27-24(29)32-3/h5-14H,4,15H2,1-3H3,(H,27,29). The van der Waals surface area contributed by atoms with Gasteiger partial charge >= 0.3 is 6.09 Å². The van der Waals surface area contributed by atoms with E-state index in [2.05, 4.69) is 21.2 Å². The van der Waals surface area contributed by atoms with Crippen LogP contribution in [0, 0.1) is 6.92 Å². The molecule has 170 valence electrons. The van der Waals surface area contributed by atoms with Gasteiger partial charge in [-0.1, -0.05) is 49.4 Å². The summed E-state index contributed by atoms with van der Waals surface area (Å²) in [6.07, 6.45) is 1.54. The maximum atomic E-state index is 12.7. The van der Waals surface area contributed by atoms with E-state index in [1.165, 1.54) is 6.07 Å². The second-order valence-corrected chi connectivity index (χ2v) is 9.21. The molecule has 33 heavy (non-hydrogen) atoms. The number of carbonyl (C=O) groups is 1. The molecular formula is C24H24N4O4S. The van der Waals surface area contributed by atoms with Crippen molar-refractivity contribution in [3.8, 4) is 11.1 Å². The molecule has 0 aliphatic rings. The molecule has 0 unspecified atom stereocenters. The zero-order valence-corrected chi connectivity index (χ0v) is 19.4. The van der Waals surface area contributed by atoms with Crippen molar-refractivity contribution in [1.29, 1.82) is 0 Å². The van der Waals surface area contributed by atoms with Gasteiger partial charge in [0.2, 0.25) is 0 Å². The SMILES string of the molecule is CCc1nc2c(C)ccnc2n1Cc1ccc(-c2ccccc2S(=O)(=O)NC(=O)OC)cc1. The number of nitrogens with zero attached hydrogens (tertiary/aromatic N) is 3. The van der Waals surface area contributed by atoms with Gasteiger partial charge in [-0.05, 0) is 35.7 Å². The number of ether oxygens (including phenoxy) is 1. The lowest BCUT2D eigenvalue weighted by atomic mass is 10.0. The van der Waals surface area contributed by atoms with Gasteiger partial charge in [-0.2, -0.15) is 0 Å². The lowest BCUT2D eigenvalue weighted by molar-refractivity contribution is 0.177. The van der Waals surface area contributed by atoms with Crippen molar-refractivity contribution in [1.82, 2.24) is 19.3 Å². The smallest absolute Gasteiger partial charge is 0.420 e. The first-order chi connectivity index (χ1) is 15.8. The van der Waals surface area contributed by atoms with Crippen molar-refractivity contribution in [2.75, 3.05) is 7.11 Å². The minimum atomic E-state index is -4.08. The van der Waals surface area contributed by atoms with Gasteiger partial charge < -0.3 is 9.30 Å². The summed E-state index contributed by atoms with van der Waals surface area (Å²) in [4.78, 5) is 20.8. The lowest BCUT2D eigenvalue weighted by Gasteiger charge is -2.12. The number of sulfonamides is 1. The number of pyridine rings is 1. The average Bonchev–Trinajstić information content (AvgIpc) is 3.18. The molecule has 4 rings (SSSR count). The molecule has 2 aromatic carbocycles. The van der Waals surface area contributed by atoms with Crippen LogP contribution in [0.1, 0.15) is 23.9 Å². The third-order valence-electron chi connectivity index (χ3n) is 5.42. The Hall–Kier alpha value is -3.72. The molecular weight excluding hydrogens is 440 g/mol. The summed E-state index contributed by atoms with van der Waals surface area (Å²) in [5, 5.41) is 0. The Morgan fingerprint density at radius 1 is 1.09 bits per heavy atom. The van der Waals surface area contributed by atoms with Crippen LogP contribution in [-0.2, 0) is 27.7 Å². The Morgan fingerprint density at radius 3 is 2.52 bits per heavy atom. The van der Waals surface area contributed by atoms with Crippen molar-refractivity contribution >= 4 is 27.3 Å². The van der Waals surface area contributed by atoms with Crippen LogP contribution in [0.4, 0.5) is 4.79 Å². The Morgan fingerprint density at radius 2 is 1.82 bits per heavy atom. The van der Waals surface area contributed by atoms with E-state index in [-0.39, 0.29) is 4.90 Å². The van der Waals surface area contributed by atoms with E-state index in [0.29, 0.717) is 17.7 Å². The van der Waals surface area contributed by atoms with Gasteiger partial charge in [0.25, 0.3) is 10.0 Å². The lowest BCUT2D eigenvalue weighted by Crippen LogP contribution is -2.30. The molecule has 0 saturated heterocycles. The number of aryl methyl sites for hydroxylation is 2. The van der Waals surface area contributed by atoms with Crippen molar-refractivity contribution in [2.45, 2.75) is 31.7 Å². The Balaban J connectivity index is 1.67. The number of amides is 1. The Kier molecular flexibility index (Phi) is 6.15. The van der Waals surface area contributed by atoms with Gasteiger partial charge in [-0.3, -0.25) is 0 Å². The number of methoxy groups -OCH3 is 1. The highest BCUT2D eigenvalue weighted by Gasteiger charge is 2.22. The molecule has 0 spiro atoms. The molecule has 2 heterocycles. The number of fused-ring (bicyclic) bond motifs is 1. The minimum Gasteiger partial charge on any atom is -0.452 e. The van der Waals surface area contributed by atoms with Crippen LogP contribution in [0.15, 0.2) is 65.7 Å². The Labute approximate surface area is 192 Å². The zero-order chi connectivity index (χ0) is 23.6. The predicted octanol–water partition coefficient (Wildman–Crippen LogP) is 4.06. The monoisotopic (exact) mass is 464 g/mol. The summed E-state index contributed by atoms with van der Waals surface area (Å²) in [7, 11) is -2.97. The molecule has 4 aromatic rings. The zero-order valence-electron chi connectivity index (χ0n) is 18.6. The first-order valence-electron chi connectivity index (χ1n) is 10.4. The van der Waals surface area contributed by atoms with E-state index >= 15 is 0 Å². The fraction of sp³-hybridized carbons (Fsp3) is 0.208. The Bertz CT molecular complexity index is 1430. The van der Waals surface area contributed by atoms with E-state index < -0.39 is 16.1 Å². The predicted molar refractivity (Wildman–Crippen MR) is 125 cm³/mol. The summed E-state index contributed by atoms with van der Waals surface area (Å²) >= 11 is 0. The van der Waals surface area contributed by atoms with Crippen molar-refractivity contribution in [3.63, 3.8) is 0 Å². The van der Waals surface area contributed by atoms with E-state index in [9.17, 15) is 13.2 Å². The summed E-state index contributed by atoms with van der Waals surface area (Å²) in [6.45, 7) is 4.69. The van der Waals surface area contributed by atoms with Crippen molar-refractivity contribution in [3.05, 3.63) is 77.7 Å². The van der Waals surface area contributed by atoms with Crippen LogP contribution < -0.4 is 4.72 Å². The molecule has 8 nitrogen and oxygen atoms in total. The normalized spacial score (nSPS) is 11.5. The van der Waals surface area contributed by atoms with E-state index in [0.717, 1.165) is 41.6 Å². The van der Waals surface area contributed by atoms with Gasteiger partial charge in [0.15, 0.2) is 5.65 Å². The largest absolute Gasteiger partial charge is 0.452 e. The number of hydrogen-bond acceptors (Lipinski definition) is 6. The van der Waals surface area contributed by atoms with Crippen molar-refractivity contribution in [2.24, 2.45) is 0 Å². The molecule has 0 saturated carbocycles. The number of benzene rings is 2. The molecule has 0 radical (unpaired) electrons.